The van der Waals surface area contributed by atoms with Crippen molar-refractivity contribution in [2.75, 3.05) is 13.7 Å². The Morgan fingerprint density at radius 3 is 2.56 bits per heavy atom. The Morgan fingerprint density at radius 1 is 1.61 bits per heavy atom. The maximum Gasteiger partial charge on any atom is 0.253 e. The minimum Gasteiger partial charge on any atom is -0.383 e. The topological polar surface area (TPSA) is 98.5 Å². The number of carbonyl (C=O) groups is 1. The summed E-state index contributed by atoms with van der Waals surface area (Å²) >= 11 is 0. The summed E-state index contributed by atoms with van der Waals surface area (Å²) in [6.07, 6.45) is 2.66. The first-order valence-electron chi connectivity index (χ1n) is 5.66. The summed E-state index contributed by atoms with van der Waals surface area (Å²) in [4.78, 5) is 11.8. The van der Waals surface area contributed by atoms with Gasteiger partial charge in [0.1, 0.15) is 4.75 Å². The van der Waals surface area contributed by atoms with Crippen molar-refractivity contribution in [1.29, 1.82) is 0 Å². The van der Waals surface area contributed by atoms with Gasteiger partial charge in [-0.25, -0.2) is 8.42 Å². The SMILES string of the molecule is C=CCC(C)(N)C(=O)NS(=O)(=O)C1(COC)CC1. The molecule has 0 heterocycles. The van der Waals surface area contributed by atoms with Gasteiger partial charge in [0.05, 0.1) is 12.1 Å². The molecule has 0 spiro atoms. The fraction of sp³-hybridized carbons (Fsp3) is 0.727. The number of sulfonamides is 1. The summed E-state index contributed by atoms with van der Waals surface area (Å²) in [6.45, 7) is 5.04. The van der Waals surface area contributed by atoms with Gasteiger partial charge in [-0.1, -0.05) is 6.08 Å². The van der Waals surface area contributed by atoms with Crippen molar-refractivity contribution in [3.05, 3.63) is 12.7 Å². The number of rotatable bonds is 7. The third kappa shape index (κ3) is 2.90. The maximum atomic E-state index is 12.1. The van der Waals surface area contributed by atoms with Crippen LogP contribution in [0.1, 0.15) is 26.2 Å². The second-order valence-electron chi connectivity index (χ2n) is 4.96. The van der Waals surface area contributed by atoms with Gasteiger partial charge < -0.3 is 10.5 Å². The zero-order chi connectivity index (χ0) is 14.0. The van der Waals surface area contributed by atoms with Crippen LogP contribution in [0.3, 0.4) is 0 Å². The molecule has 0 aliphatic heterocycles. The first kappa shape index (κ1) is 15.1. The van der Waals surface area contributed by atoms with Gasteiger partial charge in [-0.2, -0.15) is 0 Å². The lowest BCUT2D eigenvalue weighted by molar-refractivity contribution is -0.123. The molecule has 1 fully saturated rings. The van der Waals surface area contributed by atoms with Gasteiger partial charge in [0.2, 0.25) is 10.0 Å². The van der Waals surface area contributed by atoms with Crippen molar-refractivity contribution in [2.45, 2.75) is 36.5 Å². The highest BCUT2D eigenvalue weighted by Gasteiger charge is 2.56. The third-order valence-electron chi connectivity index (χ3n) is 3.10. The highest BCUT2D eigenvalue weighted by Crippen LogP contribution is 2.43. The number of ether oxygens (including phenoxy) is 1. The largest absolute Gasteiger partial charge is 0.383 e. The molecule has 6 nitrogen and oxygen atoms in total. The van der Waals surface area contributed by atoms with Crippen molar-refractivity contribution >= 4 is 15.9 Å². The third-order valence-corrected chi connectivity index (χ3v) is 5.22. The van der Waals surface area contributed by atoms with Crippen LogP contribution in [0.5, 0.6) is 0 Å². The minimum atomic E-state index is -3.75. The molecule has 0 radical (unpaired) electrons. The van der Waals surface area contributed by atoms with E-state index < -0.39 is 26.2 Å². The molecule has 0 saturated heterocycles. The van der Waals surface area contributed by atoms with E-state index in [-0.39, 0.29) is 13.0 Å². The molecule has 104 valence electrons. The van der Waals surface area contributed by atoms with Crippen molar-refractivity contribution < 1.29 is 17.9 Å². The molecule has 1 aliphatic carbocycles. The predicted octanol–water partition coefficient (Wildman–Crippen LogP) is -0.0951. The quantitative estimate of drug-likeness (QED) is 0.633. The lowest BCUT2D eigenvalue weighted by Crippen LogP contribution is -2.55. The van der Waals surface area contributed by atoms with Gasteiger partial charge in [-0.3, -0.25) is 9.52 Å². The standard InChI is InChI=1S/C11H20N2O4S/c1-4-5-10(2,12)9(14)13-18(15,16)11(6-7-11)8-17-3/h4H,1,5-8,12H2,2-3H3,(H,13,14). The van der Waals surface area contributed by atoms with Crippen LogP contribution < -0.4 is 10.5 Å². The fourth-order valence-corrected chi connectivity index (χ4v) is 3.24. The van der Waals surface area contributed by atoms with Crippen LogP contribution in [0, 0.1) is 0 Å². The van der Waals surface area contributed by atoms with E-state index in [1.165, 1.54) is 20.1 Å². The average molecular weight is 276 g/mol. The number of carbonyl (C=O) groups excluding carboxylic acids is 1. The number of nitrogens with two attached hydrogens (primary N) is 1. The number of nitrogens with one attached hydrogen (secondary N) is 1. The van der Waals surface area contributed by atoms with E-state index >= 15 is 0 Å². The lowest BCUT2D eigenvalue weighted by atomic mass is 9.99. The van der Waals surface area contributed by atoms with Crippen LogP contribution in [0.25, 0.3) is 0 Å². The summed E-state index contributed by atoms with van der Waals surface area (Å²) in [5.74, 6) is -0.718. The minimum absolute atomic E-state index is 0.0817. The molecule has 1 unspecified atom stereocenters. The van der Waals surface area contributed by atoms with Crippen molar-refractivity contribution in [2.24, 2.45) is 5.73 Å². The van der Waals surface area contributed by atoms with E-state index in [2.05, 4.69) is 6.58 Å². The van der Waals surface area contributed by atoms with E-state index in [4.69, 9.17) is 10.5 Å². The number of amides is 1. The van der Waals surface area contributed by atoms with Gasteiger partial charge in [0.15, 0.2) is 0 Å². The molecule has 7 heteroatoms. The summed E-state index contributed by atoms with van der Waals surface area (Å²) < 4.78 is 30.1. The average Bonchev–Trinajstić information content (AvgIpc) is 2.99. The Hall–Kier alpha value is -0.920. The van der Waals surface area contributed by atoms with Gasteiger partial charge in [-0.05, 0) is 26.2 Å². The van der Waals surface area contributed by atoms with E-state index in [1.54, 1.807) is 0 Å². The van der Waals surface area contributed by atoms with Crippen LogP contribution >= 0.6 is 0 Å². The number of hydrogen-bond acceptors (Lipinski definition) is 5. The summed E-state index contributed by atoms with van der Waals surface area (Å²) in [5.41, 5.74) is 4.46. The highest BCUT2D eigenvalue weighted by atomic mass is 32.2. The predicted molar refractivity (Wildman–Crippen MR) is 68.3 cm³/mol. The van der Waals surface area contributed by atoms with E-state index in [1.807, 2.05) is 4.72 Å². The normalized spacial score (nSPS) is 20.8. The second-order valence-corrected chi connectivity index (χ2v) is 7.04. The molecule has 1 atom stereocenters. The molecular formula is C11H20N2O4S. The number of hydrogen-bond donors (Lipinski definition) is 2. The van der Waals surface area contributed by atoms with Gasteiger partial charge in [0, 0.05) is 7.11 Å². The molecule has 1 rings (SSSR count). The van der Waals surface area contributed by atoms with Crippen molar-refractivity contribution in [3.8, 4) is 0 Å². The van der Waals surface area contributed by atoms with Crippen molar-refractivity contribution in [3.63, 3.8) is 0 Å². The maximum absolute atomic E-state index is 12.1. The molecule has 0 aromatic carbocycles. The summed E-state index contributed by atoms with van der Waals surface area (Å²) in [5, 5.41) is 0. The zero-order valence-corrected chi connectivity index (χ0v) is 11.5. The molecule has 3 N–H and O–H groups in total. The fourth-order valence-electron chi connectivity index (χ4n) is 1.63. The highest BCUT2D eigenvalue weighted by molar-refractivity contribution is 7.91. The summed E-state index contributed by atoms with van der Waals surface area (Å²) in [7, 11) is -2.32. The summed E-state index contributed by atoms with van der Waals surface area (Å²) in [6, 6.07) is 0. The van der Waals surface area contributed by atoms with Gasteiger partial charge in [0.25, 0.3) is 5.91 Å². The number of methoxy groups -OCH3 is 1. The van der Waals surface area contributed by atoms with Crippen LogP contribution in [0.2, 0.25) is 0 Å². The molecule has 1 aliphatic rings. The molecule has 18 heavy (non-hydrogen) atoms. The van der Waals surface area contributed by atoms with E-state index in [0.717, 1.165) is 0 Å². The molecule has 0 bridgehead atoms. The molecule has 0 aromatic rings. The molecule has 0 aromatic heterocycles. The van der Waals surface area contributed by atoms with Gasteiger partial charge >= 0.3 is 0 Å². The lowest BCUT2D eigenvalue weighted by Gasteiger charge is -2.24. The van der Waals surface area contributed by atoms with Crippen LogP contribution in [0.4, 0.5) is 0 Å². The Morgan fingerprint density at radius 2 is 2.17 bits per heavy atom. The van der Waals surface area contributed by atoms with Gasteiger partial charge in [-0.15, -0.1) is 6.58 Å². The zero-order valence-electron chi connectivity index (χ0n) is 10.7. The Kier molecular flexibility index (Phi) is 4.19. The van der Waals surface area contributed by atoms with E-state index in [0.29, 0.717) is 12.8 Å². The first-order valence-corrected chi connectivity index (χ1v) is 7.15. The van der Waals surface area contributed by atoms with E-state index in [9.17, 15) is 13.2 Å². The van der Waals surface area contributed by atoms with Crippen LogP contribution in [0.15, 0.2) is 12.7 Å². The first-order chi connectivity index (χ1) is 8.21. The second kappa shape index (κ2) is 4.99. The molecule has 1 saturated carbocycles. The molecule has 1 amide bonds. The van der Waals surface area contributed by atoms with Crippen LogP contribution in [-0.4, -0.2) is 38.3 Å². The Balaban J connectivity index is 2.79. The smallest absolute Gasteiger partial charge is 0.253 e. The Labute approximate surface area is 108 Å². The van der Waals surface area contributed by atoms with Crippen molar-refractivity contribution in [1.82, 2.24) is 4.72 Å². The molecular weight excluding hydrogens is 256 g/mol. The Bertz CT molecular complexity index is 438. The monoisotopic (exact) mass is 276 g/mol. The van der Waals surface area contributed by atoms with Crippen LogP contribution in [-0.2, 0) is 19.6 Å².